The Morgan fingerprint density at radius 2 is 1.90 bits per heavy atom. The number of carbonyl (C=O) groups is 1. The quantitative estimate of drug-likeness (QED) is 0.592. The second kappa shape index (κ2) is 8.28. The van der Waals surface area contributed by atoms with Crippen molar-refractivity contribution in [1.29, 1.82) is 0 Å². The molecule has 6 nitrogen and oxygen atoms in total. The largest absolute Gasteiger partial charge is 0.351 e. The smallest absolute Gasteiger partial charge is 0.221 e. The molecule has 30 heavy (non-hydrogen) atoms. The van der Waals surface area contributed by atoms with E-state index in [1.807, 2.05) is 48.7 Å². The minimum Gasteiger partial charge on any atom is -0.351 e. The Kier molecular flexibility index (Phi) is 5.55. The highest BCUT2D eigenvalue weighted by atomic mass is 32.1. The molecule has 1 aliphatic heterocycles. The molecule has 1 aliphatic rings. The van der Waals surface area contributed by atoms with Crippen LogP contribution in [0.25, 0.3) is 0 Å². The lowest BCUT2D eigenvalue weighted by atomic mass is 10.0. The van der Waals surface area contributed by atoms with Crippen LogP contribution in [-0.4, -0.2) is 20.6 Å². The predicted octanol–water partition coefficient (Wildman–Crippen LogP) is 4.60. The lowest BCUT2D eigenvalue weighted by Crippen LogP contribution is -2.30. The van der Waals surface area contributed by atoms with E-state index in [1.54, 1.807) is 0 Å². The van der Waals surface area contributed by atoms with Crippen LogP contribution < -0.4 is 15.5 Å². The first-order chi connectivity index (χ1) is 14.5. The average molecular weight is 420 g/mol. The van der Waals surface area contributed by atoms with E-state index in [-0.39, 0.29) is 18.0 Å². The second-order valence-electron chi connectivity index (χ2n) is 7.66. The number of anilines is 2. The Labute approximate surface area is 181 Å². The van der Waals surface area contributed by atoms with Gasteiger partial charge in [0.1, 0.15) is 6.04 Å². The van der Waals surface area contributed by atoms with Crippen LogP contribution in [0.1, 0.15) is 50.3 Å². The Morgan fingerprint density at radius 1 is 1.13 bits per heavy atom. The van der Waals surface area contributed by atoms with Crippen molar-refractivity contribution in [3.63, 3.8) is 0 Å². The molecule has 0 aliphatic carbocycles. The zero-order valence-corrected chi connectivity index (χ0v) is 18.1. The van der Waals surface area contributed by atoms with E-state index in [0.717, 1.165) is 17.1 Å². The monoisotopic (exact) mass is 419 g/mol. The molecule has 154 valence electrons. The van der Waals surface area contributed by atoms with Gasteiger partial charge in [-0.25, -0.2) is 0 Å². The maximum absolute atomic E-state index is 11.4. The zero-order valence-electron chi connectivity index (χ0n) is 17.2. The number of aromatic nitrogens is 2. The van der Waals surface area contributed by atoms with Crippen LogP contribution in [0.3, 0.4) is 0 Å². The standard InChI is InChI=1S/C23H25N5OS/c1-15(2)27-14-6-8-20(27)22-21(19-7-4-5-13-24-19)26-23(30)28(22)18-11-9-17(10-12-18)25-16(3)29/h4-15,21-22H,1-3H3,(H,25,29)(H,26,30)/t21-,22-/m0/s1. The van der Waals surface area contributed by atoms with Gasteiger partial charge in [-0.1, -0.05) is 6.07 Å². The van der Waals surface area contributed by atoms with Crippen molar-refractivity contribution in [2.45, 2.75) is 38.9 Å². The molecule has 1 aromatic carbocycles. The van der Waals surface area contributed by atoms with Crippen molar-refractivity contribution >= 4 is 34.6 Å². The SMILES string of the molecule is CC(=O)Nc1ccc(N2C(=S)N[C@@H](c3ccccn3)[C@@H]2c2cccn2C(C)C)cc1. The molecule has 0 saturated carbocycles. The second-order valence-corrected chi connectivity index (χ2v) is 8.05. The van der Waals surface area contributed by atoms with Gasteiger partial charge in [-0.15, -0.1) is 0 Å². The topological polar surface area (TPSA) is 62.2 Å². The Balaban J connectivity index is 1.78. The fourth-order valence-electron chi connectivity index (χ4n) is 3.97. The third kappa shape index (κ3) is 3.80. The maximum atomic E-state index is 11.4. The molecule has 4 rings (SSSR count). The van der Waals surface area contributed by atoms with E-state index in [9.17, 15) is 4.79 Å². The first-order valence-corrected chi connectivity index (χ1v) is 10.4. The van der Waals surface area contributed by atoms with E-state index in [1.165, 1.54) is 12.6 Å². The summed E-state index contributed by atoms with van der Waals surface area (Å²) in [5.41, 5.74) is 3.83. The van der Waals surface area contributed by atoms with Crippen molar-refractivity contribution in [2.75, 3.05) is 10.2 Å². The molecule has 1 fully saturated rings. The fourth-order valence-corrected chi connectivity index (χ4v) is 4.32. The van der Waals surface area contributed by atoms with E-state index in [0.29, 0.717) is 11.2 Å². The summed E-state index contributed by atoms with van der Waals surface area (Å²) in [7, 11) is 0. The maximum Gasteiger partial charge on any atom is 0.221 e. The van der Waals surface area contributed by atoms with Crippen LogP contribution in [0.15, 0.2) is 67.0 Å². The number of thiocarbonyl (C=S) groups is 1. The van der Waals surface area contributed by atoms with Gasteiger partial charge in [-0.05, 0) is 74.6 Å². The number of carbonyl (C=O) groups excluding carboxylic acids is 1. The van der Waals surface area contributed by atoms with E-state index in [4.69, 9.17) is 12.2 Å². The van der Waals surface area contributed by atoms with Crippen LogP contribution in [-0.2, 0) is 4.79 Å². The molecule has 0 bridgehead atoms. The van der Waals surface area contributed by atoms with Gasteiger partial charge < -0.3 is 20.1 Å². The van der Waals surface area contributed by atoms with E-state index in [2.05, 4.69) is 57.3 Å². The van der Waals surface area contributed by atoms with Gasteiger partial charge in [0.05, 0.1) is 11.7 Å². The van der Waals surface area contributed by atoms with Crippen LogP contribution in [0.4, 0.5) is 11.4 Å². The number of rotatable bonds is 5. The average Bonchev–Trinajstić information content (AvgIpc) is 3.33. The summed E-state index contributed by atoms with van der Waals surface area (Å²) in [4.78, 5) is 18.1. The number of pyridine rings is 1. The van der Waals surface area contributed by atoms with Crippen molar-refractivity contribution < 1.29 is 4.79 Å². The summed E-state index contributed by atoms with van der Waals surface area (Å²) in [6, 6.07) is 18.1. The normalized spacial score (nSPS) is 18.5. The molecule has 1 amide bonds. The number of nitrogens with one attached hydrogen (secondary N) is 2. The summed E-state index contributed by atoms with van der Waals surface area (Å²) in [6.45, 7) is 5.85. The lowest BCUT2D eigenvalue weighted by molar-refractivity contribution is -0.114. The summed E-state index contributed by atoms with van der Waals surface area (Å²) >= 11 is 5.77. The van der Waals surface area contributed by atoms with Crippen molar-refractivity contribution in [3.8, 4) is 0 Å². The molecular weight excluding hydrogens is 394 g/mol. The molecule has 3 heterocycles. The van der Waals surface area contributed by atoms with Crippen molar-refractivity contribution in [3.05, 3.63) is 78.4 Å². The minimum absolute atomic E-state index is 0.0589. The van der Waals surface area contributed by atoms with Crippen molar-refractivity contribution in [1.82, 2.24) is 14.9 Å². The van der Waals surface area contributed by atoms with Crippen LogP contribution in [0.2, 0.25) is 0 Å². The fraction of sp³-hybridized carbons (Fsp3) is 0.261. The number of hydrogen-bond acceptors (Lipinski definition) is 3. The first kappa shape index (κ1) is 20.1. The Bertz CT molecular complexity index is 1040. The molecule has 2 N–H and O–H groups in total. The van der Waals surface area contributed by atoms with Gasteiger partial charge in [0.25, 0.3) is 0 Å². The Morgan fingerprint density at radius 3 is 2.53 bits per heavy atom. The van der Waals surface area contributed by atoms with Crippen molar-refractivity contribution in [2.24, 2.45) is 0 Å². The highest BCUT2D eigenvalue weighted by molar-refractivity contribution is 7.80. The summed E-state index contributed by atoms with van der Waals surface area (Å²) in [5, 5.41) is 6.95. The molecule has 2 aromatic heterocycles. The van der Waals surface area contributed by atoms with Gasteiger partial charge >= 0.3 is 0 Å². The lowest BCUT2D eigenvalue weighted by Gasteiger charge is -2.30. The van der Waals surface area contributed by atoms with Crippen LogP contribution >= 0.6 is 12.2 Å². The third-order valence-corrected chi connectivity index (χ3v) is 5.55. The van der Waals surface area contributed by atoms with E-state index >= 15 is 0 Å². The minimum atomic E-state index is -0.0936. The number of hydrogen-bond donors (Lipinski definition) is 2. The zero-order chi connectivity index (χ0) is 21.3. The molecule has 7 heteroatoms. The highest BCUT2D eigenvalue weighted by Gasteiger charge is 2.42. The number of benzene rings is 1. The molecule has 3 aromatic rings. The summed E-state index contributed by atoms with van der Waals surface area (Å²) in [5.74, 6) is -0.0936. The van der Waals surface area contributed by atoms with Gasteiger partial charge in [0.2, 0.25) is 5.91 Å². The molecular formula is C23H25N5OS. The molecule has 1 saturated heterocycles. The molecule has 0 spiro atoms. The third-order valence-electron chi connectivity index (χ3n) is 5.24. The number of nitrogens with zero attached hydrogens (tertiary/aromatic N) is 3. The van der Waals surface area contributed by atoms with Gasteiger partial charge in [-0.3, -0.25) is 9.78 Å². The summed E-state index contributed by atoms with van der Waals surface area (Å²) < 4.78 is 2.27. The van der Waals surface area contributed by atoms with Gasteiger partial charge in [0.15, 0.2) is 5.11 Å². The molecule has 0 radical (unpaired) electrons. The van der Waals surface area contributed by atoms with Crippen LogP contribution in [0.5, 0.6) is 0 Å². The highest BCUT2D eigenvalue weighted by Crippen LogP contribution is 2.42. The predicted molar refractivity (Wildman–Crippen MR) is 123 cm³/mol. The van der Waals surface area contributed by atoms with E-state index < -0.39 is 0 Å². The number of amides is 1. The Hall–Kier alpha value is -3.19. The molecule has 2 atom stereocenters. The van der Waals surface area contributed by atoms with Gasteiger partial charge in [-0.2, -0.15) is 0 Å². The molecule has 0 unspecified atom stereocenters. The summed E-state index contributed by atoms with van der Waals surface area (Å²) in [6.07, 6.45) is 3.92. The first-order valence-electron chi connectivity index (χ1n) is 10.0. The van der Waals surface area contributed by atoms with Gasteiger partial charge in [0, 0.05) is 42.4 Å². The van der Waals surface area contributed by atoms with Crippen LogP contribution in [0, 0.1) is 0 Å².